The molecule has 1 rings (SSSR count). The second-order valence-electron chi connectivity index (χ2n) is 6.50. The first kappa shape index (κ1) is 14.0. The van der Waals surface area contributed by atoms with Gasteiger partial charge in [0.15, 0.2) is 0 Å². The zero-order valence-electron chi connectivity index (χ0n) is 11.8. The van der Waals surface area contributed by atoms with E-state index in [2.05, 4.69) is 33.0 Å². The van der Waals surface area contributed by atoms with Crippen molar-refractivity contribution in [1.82, 2.24) is 5.32 Å². The van der Waals surface area contributed by atoms with Gasteiger partial charge in [0, 0.05) is 12.1 Å². The molecule has 1 fully saturated rings. The maximum absolute atomic E-state index is 3.83. The van der Waals surface area contributed by atoms with E-state index in [9.17, 15) is 0 Å². The van der Waals surface area contributed by atoms with Crippen molar-refractivity contribution >= 4 is 0 Å². The van der Waals surface area contributed by atoms with Crippen molar-refractivity contribution in [2.75, 3.05) is 0 Å². The molecule has 1 saturated carbocycles. The summed E-state index contributed by atoms with van der Waals surface area (Å²) in [6, 6.07) is 1.50. The molecule has 2 atom stereocenters. The number of rotatable bonds is 5. The largest absolute Gasteiger partial charge is 0.312 e. The fourth-order valence-electron chi connectivity index (χ4n) is 2.82. The zero-order valence-corrected chi connectivity index (χ0v) is 11.8. The SMILES string of the molecule is CCCCC(C)NC1CCCC(C)(C)CC1. The molecule has 1 nitrogen and oxygen atoms in total. The average Bonchev–Trinajstić information content (AvgIpc) is 2.37. The Bertz CT molecular complexity index is 186. The van der Waals surface area contributed by atoms with Crippen molar-refractivity contribution in [3.05, 3.63) is 0 Å². The second kappa shape index (κ2) is 6.64. The number of unbranched alkanes of at least 4 members (excludes halogenated alkanes) is 1. The van der Waals surface area contributed by atoms with Gasteiger partial charge in [-0.3, -0.25) is 0 Å². The topological polar surface area (TPSA) is 12.0 Å². The molecule has 0 bridgehead atoms. The summed E-state index contributed by atoms with van der Waals surface area (Å²) in [4.78, 5) is 0. The summed E-state index contributed by atoms with van der Waals surface area (Å²) < 4.78 is 0. The van der Waals surface area contributed by atoms with E-state index in [1.807, 2.05) is 0 Å². The van der Waals surface area contributed by atoms with Crippen molar-refractivity contribution in [2.45, 2.75) is 91.1 Å². The highest BCUT2D eigenvalue weighted by molar-refractivity contribution is 4.80. The van der Waals surface area contributed by atoms with Crippen LogP contribution in [0.1, 0.15) is 79.1 Å². The molecular formula is C15H31N. The van der Waals surface area contributed by atoms with Crippen molar-refractivity contribution in [1.29, 1.82) is 0 Å². The van der Waals surface area contributed by atoms with Gasteiger partial charge in [-0.2, -0.15) is 0 Å². The molecule has 1 N–H and O–H groups in total. The molecule has 2 unspecified atom stereocenters. The van der Waals surface area contributed by atoms with E-state index < -0.39 is 0 Å². The molecular weight excluding hydrogens is 194 g/mol. The summed E-state index contributed by atoms with van der Waals surface area (Å²) in [5.74, 6) is 0. The van der Waals surface area contributed by atoms with Gasteiger partial charge in [0.25, 0.3) is 0 Å². The van der Waals surface area contributed by atoms with E-state index in [1.165, 1.54) is 51.4 Å². The summed E-state index contributed by atoms with van der Waals surface area (Å²) in [7, 11) is 0. The van der Waals surface area contributed by atoms with Gasteiger partial charge >= 0.3 is 0 Å². The number of hydrogen-bond donors (Lipinski definition) is 1. The third kappa shape index (κ3) is 5.34. The van der Waals surface area contributed by atoms with Crippen molar-refractivity contribution in [3.8, 4) is 0 Å². The Morgan fingerprint density at radius 1 is 1.25 bits per heavy atom. The van der Waals surface area contributed by atoms with Gasteiger partial charge in [0.2, 0.25) is 0 Å². The van der Waals surface area contributed by atoms with Crippen LogP contribution in [-0.2, 0) is 0 Å². The Morgan fingerprint density at radius 3 is 2.69 bits per heavy atom. The van der Waals surface area contributed by atoms with Gasteiger partial charge in [-0.25, -0.2) is 0 Å². The summed E-state index contributed by atoms with van der Waals surface area (Å²) in [5, 5.41) is 3.83. The van der Waals surface area contributed by atoms with Crippen LogP contribution in [0.25, 0.3) is 0 Å². The van der Waals surface area contributed by atoms with Gasteiger partial charge in [0.05, 0.1) is 0 Å². The van der Waals surface area contributed by atoms with Gasteiger partial charge < -0.3 is 5.32 Å². The van der Waals surface area contributed by atoms with Crippen LogP contribution < -0.4 is 5.32 Å². The Hall–Kier alpha value is -0.0400. The summed E-state index contributed by atoms with van der Waals surface area (Å²) in [5.41, 5.74) is 0.586. The van der Waals surface area contributed by atoms with E-state index in [0.717, 1.165) is 6.04 Å². The van der Waals surface area contributed by atoms with E-state index in [-0.39, 0.29) is 0 Å². The Balaban J connectivity index is 2.26. The monoisotopic (exact) mass is 225 g/mol. The molecule has 0 aromatic carbocycles. The predicted molar refractivity (Wildman–Crippen MR) is 72.8 cm³/mol. The van der Waals surface area contributed by atoms with E-state index in [4.69, 9.17) is 0 Å². The molecule has 1 heteroatoms. The maximum Gasteiger partial charge on any atom is 0.00697 e. The Morgan fingerprint density at radius 2 is 2.00 bits per heavy atom. The lowest BCUT2D eigenvalue weighted by Crippen LogP contribution is -2.36. The fourth-order valence-corrected chi connectivity index (χ4v) is 2.82. The molecule has 0 radical (unpaired) electrons. The standard InChI is InChI=1S/C15H31N/c1-5-6-8-13(2)16-14-9-7-11-15(3,4)12-10-14/h13-14,16H,5-12H2,1-4H3. The van der Waals surface area contributed by atoms with Crippen LogP contribution in [0, 0.1) is 5.41 Å². The predicted octanol–water partition coefficient (Wildman–Crippen LogP) is 4.51. The minimum atomic E-state index is 0.586. The highest BCUT2D eigenvalue weighted by atomic mass is 14.9. The van der Waals surface area contributed by atoms with Gasteiger partial charge in [-0.05, 0) is 44.4 Å². The van der Waals surface area contributed by atoms with Crippen LogP contribution in [0.3, 0.4) is 0 Å². The molecule has 0 aliphatic heterocycles. The number of nitrogens with one attached hydrogen (secondary N) is 1. The normalized spacial score (nSPS) is 27.4. The molecule has 16 heavy (non-hydrogen) atoms. The van der Waals surface area contributed by atoms with Crippen LogP contribution >= 0.6 is 0 Å². The molecule has 1 aliphatic rings. The van der Waals surface area contributed by atoms with E-state index >= 15 is 0 Å². The quantitative estimate of drug-likeness (QED) is 0.679. The molecule has 0 aromatic heterocycles. The summed E-state index contributed by atoms with van der Waals surface area (Å²) in [6.07, 6.45) is 11.0. The van der Waals surface area contributed by atoms with Crippen LogP contribution in [-0.4, -0.2) is 12.1 Å². The first-order valence-electron chi connectivity index (χ1n) is 7.29. The van der Waals surface area contributed by atoms with Crippen molar-refractivity contribution in [2.24, 2.45) is 5.41 Å². The Kier molecular flexibility index (Phi) is 5.82. The Labute approximate surface area is 102 Å². The van der Waals surface area contributed by atoms with Crippen LogP contribution in [0.15, 0.2) is 0 Å². The van der Waals surface area contributed by atoms with Crippen LogP contribution in [0.2, 0.25) is 0 Å². The van der Waals surface area contributed by atoms with Crippen LogP contribution in [0.4, 0.5) is 0 Å². The molecule has 0 spiro atoms. The number of hydrogen-bond acceptors (Lipinski definition) is 1. The lowest BCUT2D eigenvalue weighted by atomic mass is 9.85. The maximum atomic E-state index is 3.83. The lowest BCUT2D eigenvalue weighted by Gasteiger charge is -2.24. The minimum absolute atomic E-state index is 0.586. The van der Waals surface area contributed by atoms with Crippen LogP contribution in [0.5, 0.6) is 0 Å². The highest BCUT2D eigenvalue weighted by Gasteiger charge is 2.24. The van der Waals surface area contributed by atoms with Gasteiger partial charge in [-0.1, -0.05) is 40.0 Å². The first-order chi connectivity index (χ1) is 7.53. The average molecular weight is 225 g/mol. The molecule has 0 amide bonds. The van der Waals surface area contributed by atoms with Crippen molar-refractivity contribution in [3.63, 3.8) is 0 Å². The summed E-state index contributed by atoms with van der Waals surface area (Å²) >= 11 is 0. The minimum Gasteiger partial charge on any atom is -0.312 e. The highest BCUT2D eigenvalue weighted by Crippen LogP contribution is 2.33. The molecule has 0 heterocycles. The lowest BCUT2D eigenvalue weighted by molar-refractivity contribution is 0.306. The smallest absolute Gasteiger partial charge is 0.00697 e. The molecule has 1 aliphatic carbocycles. The van der Waals surface area contributed by atoms with E-state index in [1.54, 1.807) is 0 Å². The zero-order chi connectivity index (χ0) is 12.0. The third-order valence-electron chi connectivity index (χ3n) is 4.09. The summed E-state index contributed by atoms with van der Waals surface area (Å²) in [6.45, 7) is 9.48. The first-order valence-corrected chi connectivity index (χ1v) is 7.29. The second-order valence-corrected chi connectivity index (χ2v) is 6.50. The van der Waals surface area contributed by atoms with Gasteiger partial charge in [-0.15, -0.1) is 0 Å². The molecule has 0 saturated heterocycles. The van der Waals surface area contributed by atoms with Crippen molar-refractivity contribution < 1.29 is 0 Å². The molecule has 96 valence electrons. The third-order valence-corrected chi connectivity index (χ3v) is 4.09. The van der Waals surface area contributed by atoms with E-state index in [0.29, 0.717) is 11.5 Å². The fraction of sp³-hybridized carbons (Fsp3) is 1.00. The molecule has 0 aromatic rings. The van der Waals surface area contributed by atoms with Gasteiger partial charge in [0.1, 0.15) is 0 Å².